The number of urea groups is 1. The molecular weight excluding hydrogens is 362 g/mol. The van der Waals surface area contributed by atoms with E-state index in [-0.39, 0.29) is 18.5 Å². The number of imide groups is 1. The molecule has 2 aliphatic rings. The monoisotopic (exact) mass is 377 g/mol. The third-order valence-electron chi connectivity index (χ3n) is 5.50. The molecule has 134 valence electrons. The Morgan fingerprint density at radius 3 is 2.78 bits per heavy atom. The molecule has 1 N–H and O–H groups in total. The summed E-state index contributed by atoms with van der Waals surface area (Å²) in [6.45, 7) is 0.102. The minimum atomic E-state index is -0.954. The number of hydrogen-bond acceptors (Lipinski definition) is 3. The van der Waals surface area contributed by atoms with Gasteiger partial charge in [0.2, 0.25) is 0 Å². The van der Waals surface area contributed by atoms with E-state index in [4.69, 9.17) is 11.6 Å². The minimum Gasteiger partial charge on any atom is -0.319 e. The van der Waals surface area contributed by atoms with Crippen LogP contribution in [0.5, 0.6) is 0 Å². The predicted octanol–water partition coefficient (Wildman–Crippen LogP) is 3.78. The molecule has 6 heteroatoms. The van der Waals surface area contributed by atoms with E-state index in [0.717, 1.165) is 28.5 Å². The van der Waals surface area contributed by atoms with Gasteiger partial charge in [-0.15, -0.1) is 0 Å². The number of hydrogen-bond donors (Lipinski definition) is 1. The smallest absolute Gasteiger partial charge is 0.319 e. The topological polar surface area (TPSA) is 62.3 Å². The highest BCUT2D eigenvalue weighted by atomic mass is 35.5. The van der Waals surface area contributed by atoms with E-state index in [1.54, 1.807) is 0 Å². The molecule has 0 saturated carbocycles. The van der Waals surface area contributed by atoms with Crippen molar-refractivity contribution in [1.29, 1.82) is 0 Å². The van der Waals surface area contributed by atoms with Crippen molar-refractivity contribution < 1.29 is 9.59 Å². The Morgan fingerprint density at radius 2 is 1.89 bits per heavy atom. The molecule has 1 atom stereocenters. The second-order valence-corrected chi connectivity index (χ2v) is 7.37. The van der Waals surface area contributed by atoms with Crippen LogP contribution in [-0.4, -0.2) is 21.8 Å². The molecule has 3 amide bonds. The van der Waals surface area contributed by atoms with Crippen LogP contribution in [0, 0.1) is 0 Å². The van der Waals surface area contributed by atoms with Gasteiger partial charge < -0.3 is 5.32 Å². The van der Waals surface area contributed by atoms with Gasteiger partial charge in [-0.1, -0.05) is 54.1 Å². The van der Waals surface area contributed by atoms with Gasteiger partial charge in [-0.05, 0) is 36.1 Å². The summed E-state index contributed by atoms with van der Waals surface area (Å²) in [7, 11) is 0. The van der Waals surface area contributed by atoms with Crippen molar-refractivity contribution in [2.75, 3.05) is 0 Å². The number of rotatable bonds is 2. The Labute approximate surface area is 161 Å². The highest BCUT2D eigenvalue weighted by Gasteiger charge is 2.55. The van der Waals surface area contributed by atoms with Gasteiger partial charge in [0.05, 0.1) is 12.1 Å². The number of benzene rings is 2. The van der Waals surface area contributed by atoms with Crippen LogP contribution in [0.3, 0.4) is 0 Å². The molecule has 2 aromatic carbocycles. The molecule has 3 aromatic rings. The summed E-state index contributed by atoms with van der Waals surface area (Å²) in [5.74, 6) is -0.221. The van der Waals surface area contributed by atoms with Crippen molar-refractivity contribution in [2.45, 2.75) is 24.9 Å². The standard InChI is InChI=1S/C21H16ClN3O2/c22-18-15(11-14-6-2-4-8-17(14)23-18)12-25-19(26)21(24-20(25)27)10-9-13-5-1-3-7-16(13)21/h1-8,11H,9-10,12H2,(H,24,27)/t21-/m1/s1. The summed E-state index contributed by atoms with van der Waals surface area (Å²) >= 11 is 6.33. The lowest BCUT2D eigenvalue weighted by Crippen LogP contribution is -2.41. The van der Waals surface area contributed by atoms with Gasteiger partial charge in [-0.2, -0.15) is 0 Å². The number of aromatic nitrogens is 1. The number of aryl methyl sites for hydroxylation is 1. The molecule has 1 aliphatic carbocycles. The predicted molar refractivity (Wildman–Crippen MR) is 102 cm³/mol. The summed E-state index contributed by atoms with van der Waals surface area (Å²) in [6.07, 6.45) is 1.35. The van der Waals surface area contributed by atoms with Gasteiger partial charge >= 0.3 is 6.03 Å². The van der Waals surface area contributed by atoms with Gasteiger partial charge in [0.15, 0.2) is 0 Å². The fraction of sp³-hybridized carbons (Fsp3) is 0.190. The average Bonchev–Trinajstić information content (AvgIpc) is 3.16. The molecule has 0 unspecified atom stereocenters. The van der Waals surface area contributed by atoms with Crippen LogP contribution in [0.15, 0.2) is 54.6 Å². The molecule has 1 fully saturated rings. The van der Waals surface area contributed by atoms with E-state index in [1.165, 1.54) is 4.90 Å². The fourth-order valence-electron chi connectivity index (χ4n) is 4.15. The number of carbonyl (C=O) groups is 2. The number of pyridine rings is 1. The number of nitrogens with zero attached hydrogens (tertiary/aromatic N) is 2. The molecule has 2 heterocycles. The number of para-hydroxylation sites is 1. The molecule has 0 bridgehead atoms. The van der Waals surface area contributed by atoms with Crippen LogP contribution in [-0.2, 0) is 23.3 Å². The van der Waals surface area contributed by atoms with Crippen molar-refractivity contribution >= 4 is 34.4 Å². The molecular formula is C21H16ClN3O2. The minimum absolute atomic E-state index is 0.102. The number of amides is 3. The van der Waals surface area contributed by atoms with Crippen molar-refractivity contribution in [3.63, 3.8) is 0 Å². The van der Waals surface area contributed by atoms with Crippen LogP contribution in [0.25, 0.3) is 10.9 Å². The molecule has 1 saturated heterocycles. The number of fused-ring (bicyclic) bond motifs is 3. The first-order chi connectivity index (χ1) is 13.1. The molecule has 1 spiro atoms. The van der Waals surface area contributed by atoms with Gasteiger partial charge in [0.1, 0.15) is 10.7 Å². The molecule has 1 aliphatic heterocycles. The SMILES string of the molecule is O=C1N[C@@]2(CCc3ccccc32)C(=O)N1Cc1cc2ccccc2nc1Cl. The maximum Gasteiger partial charge on any atom is 0.325 e. The summed E-state index contributed by atoms with van der Waals surface area (Å²) in [6, 6.07) is 16.9. The van der Waals surface area contributed by atoms with Gasteiger partial charge in [-0.25, -0.2) is 9.78 Å². The van der Waals surface area contributed by atoms with Crippen molar-refractivity contribution in [3.05, 3.63) is 76.4 Å². The highest BCUT2D eigenvalue weighted by Crippen LogP contribution is 2.41. The van der Waals surface area contributed by atoms with E-state index >= 15 is 0 Å². The largest absolute Gasteiger partial charge is 0.325 e. The average molecular weight is 378 g/mol. The van der Waals surface area contributed by atoms with E-state index < -0.39 is 5.54 Å². The fourth-order valence-corrected chi connectivity index (χ4v) is 4.36. The third kappa shape index (κ3) is 2.35. The van der Waals surface area contributed by atoms with Crippen molar-refractivity contribution in [1.82, 2.24) is 15.2 Å². The van der Waals surface area contributed by atoms with Crippen LogP contribution >= 0.6 is 11.6 Å². The van der Waals surface area contributed by atoms with Crippen molar-refractivity contribution in [3.8, 4) is 0 Å². The maximum absolute atomic E-state index is 13.3. The second kappa shape index (κ2) is 5.79. The first kappa shape index (κ1) is 16.3. The Bertz CT molecular complexity index is 1110. The van der Waals surface area contributed by atoms with E-state index in [0.29, 0.717) is 17.1 Å². The number of nitrogens with one attached hydrogen (secondary N) is 1. The Hall–Kier alpha value is -2.92. The van der Waals surface area contributed by atoms with Crippen LogP contribution < -0.4 is 5.32 Å². The zero-order valence-electron chi connectivity index (χ0n) is 14.4. The lowest BCUT2D eigenvalue weighted by atomic mass is 9.92. The first-order valence-corrected chi connectivity index (χ1v) is 9.23. The Morgan fingerprint density at radius 1 is 1.11 bits per heavy atom. The van der Waals surface area contributed by atoms with Gasteiger partial charge in [-0.3, -0.25) is 9.69 Å². The van der Waals surface area contributed by atoms with E-state index in [9.17, 15) is 9.59 Å². The maximum atomic E-state index is 13.3. The lowest BCUT2D eigenvalue weighted by molar-refractivity contribution is -0.132. The van der Waals surface area contributed by atoms with Gasteiger partial charge in [0.25, 0.3) is 5.91 Å². The molecule has 27 heavy (non-hydrogen) atoms. The van der Waals surface area contributed by atoms with E-state index in [1.807, 2.05) is 54.6 Å². The van der Waals surface area contributed by atoms with Gasteiger partial charge in [0, 0.05) is 10.9 Å². The summed E-state index contributed by atoms with van der Waals surface area (Å²) < 4.78 is 0. The number of halogens is 1. The Balaban J connectivity index is 1.51. The quantitative estimate of drug-likeness (QED) is 0.546. The first-order valence-electron chi connectivity index (χ1n) is 8.85. The zero-order valence-corrected chi connectivity index (χ0v) is 15.2. The number of carbonyl (C=O) groups excluding carboxylic acids is 2. The second-order valence-electron chi connectivity index (χ2n) is 7.01. The third-order valence-corrected chi connectivity index (χ3v) is 5.83. The zero-order chi connectivity index (χ0) is 18.6. The summed E-state index contributed by atoms with van der Waals surface area (Å²) in [5.41, 5.74) is 2.49. The summed E-state index contributed by atoms with van der Waals surface area (Å²) in [5, 5.41) is 4.16. The molecule has 5 nitrogen and oxygen atoms in total. The van der Waals surface area contributed by atoms with E-state index in [2.05, 4.69) is 10.3 Å². The van der Waals surface area contributed by atoms with Crippen LogP contribution in [0.4, 0.5) is 4.79 Å². The van der Waals surface area contributed by atoms with Crippen LogP contribution in [0.1, 0.15) is 23.1 Å². The summed E-state index contributed by atoms with van der Waals surface area (Å²) in [4.78, 5) is 31.6. The normalized spacial score (nSPS) is 21.1. The van der Waals surface area contributed by atoms with Crippen molar-refractivity contribution in [2.24, 2.45) is 0 Å². The molecule has 5 rings (SSSR count). The lowest BCUT2D eigenvalue weighted by Gasteiger charge is -2.22. The highest BCUT2D eigenvalue weighted by molar-refractivity contribution is 6.30. The van der Waals surface area contributed by atoms with Crippen LogP contribution in [0.2, 0.25) is 5.15 Å². The molecule has 0 radical (unpaired) electrons. The Kier molecular flexibility index (Phi) is 3.49. The molecule has 1 aromatic heterocycles.